The van der Waals surface area contributed by atoms with Gasteiger partial charge >= 0.3 is 17.9 Å². The second-order valence-electron chi connectivity index (χ2n) is 4.50. The topological polar surface area (TPSA) is 151 Å². The molecule has 9 nitrogen and oxygen atoms in total. The number of rotatable bonds is 10. The number of aliphatic hydroxyl groups excluding tert-OH is 1. The number of ketones is 1. The predicted molar refractivity (Wildman–Crippen MR) is 71.0 cm³/mol. The SMILES string of the molecule is C=C(C)C(=O)C(OC(=O)CCCC(=O)OCCO)C(O)(O)O. The third-order valence-electron chi connectivity index (χ3n) is 2.38. The Morgan fingerprint density at radius 2 is 1.68 bits per heavy atom. The molecule has 0 rings (SSSR count). The molecular formula is C13H20O9. The number of esters is 2. The highest BCUT2D eigenvalue weighted by Crippen LogP contribution is 2.14. The van der Waals surface area contributed by atoms with Gasteiger partial charge in [-0.25, -0.2) is 0 Å². The Hall–Kier alpha value is -1.81. The van der Waals surface area contributed by atoms with Gasteiger partial charge in [0, 0.05) is 12.8 Å². The molecule has 0 bridgehead atoms. The van der Waals surface area contributed by atoms with Gasteiger partial charge < -0.3 is 29.9 Å². The van der Waals surface area contributed by atoms with Crippen LogP contribution >= 0.6 is 0 Å². The maximum Gasteiger partial charge on any atom is 0.322 e. The Bertz CT molecular complexity index is 422. The zero-order chi connectivity index (χ0) is 17.3. The lowest BCUT2D eigenvalue weighted by molar-refractivity contribution is -0.346. The van der Waals surface area contributed by atoms with Crippen molar-refractivity contribution in [3.05, 3.63) is 12.2 Å². The van der Waals surface area contributed by atoms with Gasteiger partial charge in [0.25, 0.3) is 0 Å². The Kier molecular flexibility index (Phi) is 8.50. The normalized spacial score (nSPS) is 12.4. The van der Waals surface area contributed by atoms with E-state index in [2.05, 4.69) is 16.1 Å². The number of hydrogen-bond acceptors (Lipinski definition) is 9. The van der Waals surface area contributed by atoms with Crippen molar-refractivity contribution < 1.29 is 44.3 Å². The number of carbonyl (C=O) groups is 3. The molecule has 0 aliphatic heterocycles. The zero-order valence-corrected chi connectivity index (χ0v) is 12.2. The first-order valence-corrected chi connectivity index (χ1v) is 6.42. The molecule has 1 unspecified atom stereocenters. The van der Waals surface area contributed by atoms with Gasteiger partial charge in [-0.2, -0.15) is 0 Å². The molecule has 22 heavy (non-hydrogen) atoms. The van der Waals surface area contributed by atoms with Gasteiger partial charge in [-0.05, 0) is 18.9 Å². The van der Waals surface area contributed by atoms with E-state index in [-0.39, 0.29) is 38.0 Å². The molecule has 0 saturated heterocycles. The second-order valence-corrected chi connectivity index (χ2v) is 4.50. The predicted octanol–water partition coefficient (Wildman–Crippen LogP) is -1.62. The lowest BCUT2D eigenvalue weighted by atomic mass is 10.1. The summed E-state index contributed by atoms with van der Waals surface area (Å²) in [6.45, 7) is 4.03. The number of Topliss-reactive ketones (excluding diaryl/α,β-unsaturated/α-hetero) is 1. The molecule has 0 aliphatic rings. The van der Waals surface area contributed by atoms with Crippen molar-refractivity contribution in [2.75, 3.05) is 13.2 Å². The van der Waals surface area contributed by atoms with Gasteiger partial charge in [0.1, 0.15) is 6.61 Å². The molecule has 0 aliphatic carbocycles. The molecule has 0 aromatic carbocycles. The summed E-state index contributed by atoms with van der Waals surface area (Å²) in [5.41, 5.74) is -0.146. The van der Waals surface area contributed by atoms with E-state index in [4.69, 9.17) is 20.4 Å². The minimum Gasteiger partial charge on any atom is -0.463 e. The summed E-state index contributed by atoms with van der Waals surface area (Å²) in [5.74, 6) is -6.23. The summed E-state index contributed by atoms with van der Waals surface area (Å²) < 4.78 is 9.06. The molecule has 0 spiro atoms. The molecule has 0 fully saturated rings. The summed E-state index contributed by atoms with van der Waals surface area (Å²) in [6, 6.07) is 0. The maximum atomic E-state index is 11.6. The summed E-state index contributed by atoms with van der Waals surface area (Å²) in [7, 11) is 0. The molecule has 0 radical (unpaired) electrons. The molecule has 4 N–H and O–H groups in total. The lowest BCUT2D eigenvalue weighted by Gasteiger charge is -2.24. The van der Waals surface area contributed by atoms with E-state index >= 15 is 0 Å². The molecule has 126 valence electrons. The van der Waals surface area contributed by atoms with Crippen LogP contribution < -0.4 is 0 Å². The van der Waals surface area contributed by atoms with Gasteiger partial charge in [-0.1, -0.05) is 6.58 Å². The first-order valence-electron chi connectivity index (χ1n) is 6.42. The average molecular weight is 320 g/mol. The monoisotopic (exact) mass is 320 g/mol. The van der Waals surface area contributed by atoms with Crippen molar-refractivity contribution in [2.45, 2.75) is 38.3 Å². The average Bonchev–Trinajstić information content (AvgIpc) is 2.40. The van der Waals surface area contributed by atoms with Crippen molar-refractivity contribution in [2.24, 2.45) is 0 Å². The van der Waals surface area contributed by atoms with Gasteiger partial charge in [0.15, 0.2) is 0 Å². The first-order chi connectivity index (χ1) is 10.1. The molecule has 1 atom stereocenters. The third kappa shape index (κ3) is 7.84. The van der Waals surface area contributed by atoms with Gasteiger partial charge in [-0.15, -0.1) is 0 Å². The van der Waals surface area contributed by atoms with Crippen LogP contribution in [0.1, 0.15) is 26.2 Å². The zero-order valence-electron chi connectivity index (χ0n) is 12.2. The van der Waals surface area contributed by atoms with E-state index < -0.39 is 29.8 Å². The highest BCUT2D eigenvalue weighted by Gasteiger charge is 2.41. The highest BCUT2D eigenvalue weighted by atomic mass is 16.7. The van der Waals surface area contributed by atoms with Crippen LogP contribution in [-0.4, -0.2) is 63.4 Å². The van der Waals surface area contributed by atoms with Crippen molar-refractivity contribution in [3.8, 4) is 0 Å². The summed E-state index contributed by atoms with van der Waals surface area (Å²) in [6.07, 6.45) is -2.65. The number of carbonyl (C=O) groups excluding carboxylic acids is 3. The molecule has 0 aromatic heterocycles. The molecular weight excluding hydrogens is 300 g/mol. The molecule has 0 amide bonds. The van der Waals surface area contributed by atoms with Crippen LogP contribution in [0, 0.1) is 0 Å². The first kappa shape index (κ1) is 20.2. The van der Waals surface area contributed by atoms with Crippen molar-refractivity contribution >= 4 is 17.7 Å². The van der Waals surface area contributed by atoms with E-state index in [0.717, 1.165) is 0 Å². The largest absolute Gasteiger partial charge is 0.463 e. The Labute approximate surface area is 126 Å². The standard InChI is InChI=1S/C13H20O9/c1-8(2)11(17)12(13(18,19)20)22-10(16)5-3-4-9(15)21-7-6-14/h12,14,18-20H,1,3-7H2,2H3. The van der Waals surface area contributed by atoms with Crippen LogP contribution in [0.2, 0.25) is 0 Å². The number of aliphatic hydroxyl groups is 4. The van der Waals surface area contributed by atoms with Crippen LogP contribution in [0.25, 0.3) is 0 Å². The van der Waals surface area contributed by atoms with E-state index in [1.165, 1.54) is 6.92 Å². The van der Waals surface area contributed by atoms with Crippen LogP contribution in [0.5, 0.6) is 0 Å². The third-order valence-corrected chi connectivity index (χ3v) is 2.38. The van der Waals surface area contributed by atoms with E-state index in [9.17, 15) is 14.4 Å². The molecule has 0 heterocycles. The lowest BCUT2D eigenvalue weighted by Crippen LogP contribution is -2.49. The highest BCUT2D eigenvalue weighted by molar-refractivity contribution is 5.99. The van der Waals surface area contributed by atoms with Crippen molar-refractivity contribution in [3.63, 3.8) is 0 Å². The summed E-state index contributed by atoms with van der Waals surface area (Å²) in [5, 5.41) is 35.5. The fraction of sp³-hybridized carbons (Fsp3) is 0.615. The Morgan fingerprint density at radius 1 is 1.14 bits per heavy atom. The van der Waals surface area contributed by atoms with Crippen LogP contribution in [0.15, 0.2) is 12.2 Å². The van der Waals surface area contributed by atoms with Gasteiger partial charge in [0.05, 0.1) is 6.61 Å². The van der Waals surface area contributed by atoms with Gasteiger partial charge in [-0.3, -0.25) is 14.4 Å². The fourth-order valence-corrected chi connectivity index (χ4v) is 1.33. The van der Waals surface area contributed by atoms with Crippen LogP contribution in [0.3, 0.4) is 0 Å². The van der Waals surface area contributed by atoms with Crippen molar-refractivity contribution in [1.29, 1.82) is 0 Å². The minimum atomic E-state index is -3.54. The molecule has 0 saturated carbocycles. The number of ether oxygens (including phenoxy) is 2. The van der Waals surface area contributed by atoms with E-state index in [1.807, 2.05) is 0 Å². The minimum absolute atomic E-state index is 0.0202. The smallest absolute Gasteiger partial charge is 0.322 e. The molecule has 0 aromatic rings. The van der Waals surface area contributed by atoms with E-state index in [1.54, 1.807) is 0 Å². The quantitative estimate of drug-likeness (QED) is 0.211. The Balaban J connectivity index is 4.39. The second kappa shape index (κ2) is 9.26. The molecule has 9 heteroatoms. The van der Waals surface area contributed by atoms with E-state index in [0.29, 0.717) is 0 Å². The van der Waals surface area contributed by atoms with Gasteiger partial charge in [0.2, 0.25) is 11.9 Å². The summed E-state index contributed by atoms with van der Waals surface area (Å²) >= 11 is 0. The van der Waals surface area contributed by atoms with Crippen molar-refractivity contribution in [1.82, 2.24) is 0 Å². The summed E-state index contributed by atoms with van der Waals surface area (Å²) in [4.78, 5) is 34.2. The van der Waals surface area contributed by atoms with Crippen LogP contribution in [-0.2, 0) is 23.9 Å². The maximum absolute atomic E-state index is 11.6. The fourth-order valence-electron chi connectivity index (χ4n) is 1.33. The Morgan fingerprint density at radius 3 is 2.14 bits per heavy atom. The number of hydrogen-bond donors (Lipinski definition) is 4. The van der Waals surface area contributed by atoms with Crippen LogP contribution in [0.4, 0.5) is 0 Å².